The Balaban J connectivity index is 2.32. The van der Waals surface area contributed by atoms with Crippen molar-refractivity contribution in [1.82, 2.24) is 0 Å². The fraction of sp³-hybridized carbons (Fsp3) is 0.438. The summed E-state index contributed by atoms with van der Waals surface area (Å²) in [5.74, 6) is -1.43. The molecule has 0 unspecified atom stereocenters. The molecule has 0 fully saturated rings. The number of rotatable bonds is 7. The second-order valence-electron chi connectivity index (χ2n) is 5.55. The molecule has 0 spiro atoms. The van der Waals surface area contributed by atoms with Gasteiger partial charge in [0, 0.05) is 18.9 Å². The Kier molecular flexibility index (Phi) is 4.88. The summed E-state index contributed by atoms with van der Waals surface area (Å²) < 4.78 is 10.7. The Morgan fingerprint density at radius 2 is 1.83 bits per heavy atom. The lowest BCUT2D eigenvalue weighted by atomic mass is 9.72. The van der Waals surface area contributed by atoms with Crippen molar-refractivity contribution in [3.05, 3.63) is 23.8 Å². The van der Waals surface area contributed by atoms with Gasteiger partial charge in [0.2, 0.25) is 0 Å². The molecule has 124 valence electrons. The number of fused-ring (bicyclic) bond motifs is 1. The van der Waals surface area contributed by atoms with Crippen LogP contribution in [0, 0.1) is 5.41 Å². The highest BCUT2D eigenvalue weighted by Gasteiger charge is 2.44. The monoisotopic (exact) mass is 322 g/mol. The van der Waals surface area contributed by atoms with Crippen LogP contribution in [0.3, 0.4) is 0 Å². The molecule has 1 aromatic carbocycles. The minimum atomic E-state index is -1.13. The Bertz CT molecular complexity index is 617. The maximum Gasteiger partial charge on any atom is 0.303 e. The van der Waals surface area contributed by atoms with E-state index in [9.17, 15) is 14.4 Å². The largest absolute Gasteiger partial charge is 0.497 e. The first kappa shape index (κ1) is 16.8. The van der Waals surface area contributed by atoms with Crippen LogP contribution in [0.2, 0.25) is 0 Å². The normalized spacial score (nSPS) is 15.4. The number of ether oxygens (including phenoxy) is 2. The first-order chi connectivity index (χ1) is 10.9. The molecule has 0 aliphatic carbocycles. The molecule has 23 heavy (non-hydrogen) atoms. The highest BCUT2D eigenvalue weighted by Crippen LogP contribution is 2.42. The maximum absolute atomic E-state index is 12.9. The molecule has 1 aromatic rings. The summed E-state index contributed by atoms with van der Waals surface area (Å²) in [6, 6.07) is 4.77. The number of carboxylic acid groups (broad SMARTS) is 2. The molecular weight excluding hydrogens is 304 g/mol. The standard InChI is InChI=1S/C16H18O7/c1-22-10-2-3-11-12(8-10)23-9-16(15(11)21,6-4-13(17)18)7-5-14(19)20/h2-3,8H,4-7,9H2,1H3,(H,17,18)(H,19,20). The molecule has 0 bridgehead atoms. The van der Waals surface area contributed by atoms with Crippen molar-refractivity contribution in [2.75, 3.05) is 13.7 Å². The van der Waals surface area contributed by atoms with Gasteiger partial charge in [-0.05, 0) is 25.0 Å². The number of hydrogen-bond acceptors (Lipinski definition) is 5. The highest BCUT2D eigenvalue weighted by atomic mass is 16.5. The molecule has 0 aromatic heterocycles. The van der Waals surface area contributed by atoms with Crippen LogP contribution in [0.15, 0.2) is 18.2 Å². The van der Waals surface area contributed by atoms with Crippen molar-refractivity contribution in [1.29, 1.82) is 0 Å². The summed E-state index contributed by atoms with van der Waals surface area (Å²) >= 11 is 0. The summed E-state index contributed by atoms with van der Waals surface area (Å²) in [5.41, 5.74) is -0.800. The zero-order chi connectivity index (χ0) is 17.0. The van der Waals surface area contributed by atoms with Crippen molar-refractivity contribution in [2.45, 2.75) is 25.7 Å². The summed E-state index contributed by atoms with van der Waals surface area (Å²) in [4.78, 5) is 34.6. The first-order valence-corrected chi connectivity index (χ1v) is 7.17. The van der Waals surface area contributed by atoms with Gasteiger partial charge in [-0.3, -0.25) is 14.4 Å². The van der Waals surface area contributed by atoms with E-state index in [1.807, 2.05) is 0 Å². The van der Waals surface area contributed by atoms with E-state index in [0.29, 0.717) is 17.1 Å². The third kappa shape index (κ3) is 3.61. The predicted molar refractivity (Wildman–Crippen MR) is 79.0 cm³/mol. The average molecular weight is 322 g/mol. The molecule has 0 saturated heterocycles. The topological polar surface area (TPSA) is 110 Å². The van der Waals surface area contributed by atoms with E-state index in [1.54, 1.807) is 18.2 Å². The summed E-state index contributed by atoms with van der Waals surface area (Å²) in [6.07, 6.45) is -0.361. The van der Waals surface area contributed by atoms with Crippen molar-refractivity contribution in [2.24, 2.45) is 5.41 Å². The highest BCUT2D eigenvalue weighted by molar-refractivity contribution is 6.04. The molecule has 0 atom stereocenters. The molecule has 1 aliphatic rings. The summed E-state index contributed by atoms with van der Waals surface area (Å²) in [7, 11) is 1.50. The average Bonchev–Trinajstić information content (AvgIpc) is 2.53. The number of benzene rings is 1. The van der Waals surface area contributed by atoms with Gasteiger partial charge in [-0.2, -0.15) is 0 Å². The van der Waals surface area contributed by atoms with Crippen LogP contribution in [-0.2, 0) is 9.59 Å². The summed E-state index contributed by atoms with van der Waals surface area (Å²) in [6.45, 7) is -0.0352. The van der Waals surface area contributed by atoms with E-state index in [-0.39, 0.29) is 38.1 Å². The van der Waals surface area contributed by atoms with E-state index in [0.717, 1.165) is 0 Å². The lowest BCUT2D eigenvalue weighted by Gasteiger charge is -2.36. The molecular formula is C16H18O7. The lowest BCUT2D eigenvalue weighted by molar-refractivity contribution is -0.137. The van der Waals surface area contributed by atoms with E-state index >= 15 is 0 Å². The van der Waals surface area contributed by atoms with Crippen molar-refractivity contribution < 1.29 is 34.1 Å². The Morgan fingerprint density at radius 3 is 2.35 bits per heavy atom. The fourth-order valence-electron chi connectivity index (χ4n) is 2.69. The van der Waals surface area contributed by atoms with Gasteiger partial charge in [0.15, 0.2) is 5.78 Å². The zero-order valence-electron chi connectivity index (χ0n) is 12.7. The van der Waals surface area contributed by atoms with Gasteiger partial charge in [0.05, 0.1) is 18.1 Å². The predicted octanol–water partition coefficient (Wildman–Crippen LogP) is 1.99. The summed E-state index contributed by atoms with van der Waals surface area (Å²) in [5, 5.41) is 17.8. The minimum absolute atomic E-state index is 0.0352. The molecule has 0 saturated carbocycles. The van der Waals surface area contributed by atoms with Crippen LogP contribution < -0.4 is 9.47 Å². The van der Waals surface area contributed by atoms with Gasteiger partial charge in [-0.1, -0.05) is 0 Å². The molecule has 1 aliphatic heterocycles. The van der Waals surface area contributed by atoms with Crippen LogP contribution in [-0.4, -0.2) is 41.7 Å². The van der Waals surface area contributed by atoms with E-state index in [1.165, 1.54) is 7.11 Å². The van der Waals surface area contributed by atoms with Crippen molar-refractivity contribution in [3.63, 3.8) is 0 Å². The quantitative estimate of drug-likeness (QED) is 0.789. The smallest absolute Gasteiger partial charge is 0.303 e. The van der Waals surface area contributed by atoms with E-state index in [2.05, 4.69) is 0 Å². The number of hydrogen-bond donors (Lipinski definition) is 2. The van der Waals surface area contributed by atoms with E-state index < -0.39 is 17.4 Å². The second kappa shape index (κ2) is 6.68. The zero-order valence-corrected chi connectivity index (χ0v) is 12.7. The number of aliphatic carboxylic acids is 2. The second-order valence-corrected chi connectivity index (χ2v) is 5.55. The number of ketones is 1. The maximum atomic E-state index is 12.9. The number of carbonyl (C=O) groups is 3. The molecule has 0 radical (unpaired) electrons. The number of Topliss-reactive ketones (excluding diaryl/α,β-unsaturated/α-hetero) is 1. The van der Waals surface area contributed by atoms with Crippen LogP contribution in [0.25, 0.3) is 0 Å². The third-order valence-electron chi connectivity index (χ3n) is 4.05. The minimum Gasteiger partial charge on any atom is -0.497 e. The van der Waals surface area contributed by atoms with Crippen LogP contribution in [0.5, 0.6) is 11.5 Å². The molecule has 2 rings (SSSR count). The molecule has 7 nitrogen and oxygen atoms in total. The van der Waals surface area contributed by atoms with E-state index in [4.69, 9.17) is 19.7 Å². The van der Waals surface area contributed by atoms with Gasteiger partial charge >= 0.3 is 11.9 Å². The Hall–Kier alpha value is -2.57. The first-order valence-electron chi connectivity index (χ1n) is 7.17. The van der Waals surface area contributed by atoms with Crippen LogP contribution in [0.1, 0.15) is 36.0 Å². The van der Waals surface area contributed by atoms with Crippen molar-refractivity contribution >= 4 is 17.7 Å². The van der Waals surface area contributed by atoms with Gasteiger partial charge < -0.3 is 19.7 Å². The van der Waals surface area contributed by atoms with Gasteiger partial charge in [0.1, 0.15) is 18.1 Å². The van der Waals surface area contributed by atoms with Gasteiger partial charge in [-0.15, -0.1) is 0 Å². The molecule has 7 heteroatoms. The van der Waals surface area contributed by atoms with Gasteiger partial charge in [0.25, 0.3) is 0 Å². The number of carbonyl (C=O) groups excluding carboxylic acids is 1. The molecule has 1 heterocycles. The van der Waals surface area contributed by atoms with Crippen LogP contribution in [0.4, 0.5) is 0 Å². The third-order valence-corrected chi connectivity index (χ3v) is 4.05. The Labute approximate surface area is 132 Å². The lowest BCUT2D eigenvalue weighted by Crippen LogP contribution is -2.42. The molecule has 0 amide bonds. The van der Waals surface area contributed by atoms with Crippen molar-refractivity contribution in [3.8, 4) is 11.5 Å². The van der Waals surface area contributed by atoms with Gasteiger partial charge in [-0.25, -0.2) is 0 Å². The van der Waals surface area contributed by atoms with Crippen LogP contribution >= 0.6 is 0 Å². The number of carboxylic acids is 2. The number of methoxy groups -OCH3 is 1. The SMILES string of the molecule is COc1ccc2c(c1)OCC(CCC(=O)O)(CCC(=O)O)C2=O. The Morgan fingerprint density at radius 1 is 1.22 bits per heavy atom. The fourth-order valence-corrected chi connectivity index (χ4v) is 2.69. The molecule has 2 N–H and O–H groups in total.